The lowest BCUT2D eigenvalue weighted by molar-refractivity contribution is 0.393. The molecular formula is C13H22ClNO. The van der Waals surface area contributed by atoms with Crippen LogP contribution in [-0.4, -0.2) is 6.54 Å². The summed E-state index contributed by atoms with van der Waals surface area (Å²) in [5, 5.41) is 3.99. The molecule has 2 atom stereocenters. The van der Waals surface area contributed by atoms with Gasteiger partial charge in [-0.1, -0.05) is 33.6 Å². The zero-order chi connectivity index (χ0) is 12.0. The van der Waals surface area contributed by atoms with Gasteiger partial charge in [0, 0.05) is 11.6 Å². The van der Waals surface area contributed by atoms with Gasteiger partial charge in [-0.25, -0.2) is 0 Å². The van der Waals surface area contributed by atoms with Crippen LogP contribution < -0.4 is 5.32 Å². The molecule has 0 aliphatic heterocycles. The van der Waals surface area contributed by atoms with Crippen molar-refractivity contribution < 1.29 is 4.42 Å². The molecule has 1 aromatic rings. The second-order valence-electron chi connectivity index (χ2n) is 4.39. The molecule has 1 N–H and O–H groups in total. The highest BCUT2D eigenvalue weighted by molar-refractivity contribution is 6.29. The Balaban J connectivity index is 2.64. The Kier molecular flexibility index (Phi) is 5.93. The number of nitrogens with one attached hydrogen (secondary N) is 1. The van der Waals surface area contributed by atoms with Crippen molar-refractivity contribution in [2.24, 2.45) is 5.92 Å². The molecule has 1 aromatic heterocycles. The molecule has 0 spiro atoms. The quantitative estimate of drug-likeness (QED) is 0.768. The van der Waals surface area contributed by atoms with Crippen molar-refractivity contribution in [2.45, 2.75) is 46.1 Å². The van der Waals surface area contributed by atoms with Crippen LogP contribution in [0.2, 0.25) is 5.22 Å². The third kappa shape index (κ3) is 3.84. The van der Waals surface area contributed by atoms with Gasteiger partial charge < -0.3 is 9.73 Å². The molecule has 3 heteroatoms. The Hall–Kier alpha value is -0.470. The number of halogens is 1. The first kappa shape index (κ1) is 13.6. The first-order chi connectivity index (χ1) is 7.69. The Morgan fingerprint density at radius 3 is 2.69 bits per heavy atom. The van der Waals surface area contributed by atoms with Crippen molar-refractivity contribution >= 4 is 11.6 Å². The van der Waals surface area contributed by atoms with E-state index in [-0.39, 0.29) is 0 Å². The lowest BCUT2D eigenvalue weighted by atomic mass is 9.94. The van der Waals surface area contributed by atoms with E-state index in [1.165, 1.54) is 12.8 Å². The third-order valence-electron chi connectivity index (χ3n) is 2.89. The summed E-state index contributed by atoms with van der Waals surface area (Å²) in [7, 11) is 0. The zero-order valence-corrected chi connectivity index (χ0v) is 11.2. The molecule has 0 saturated carbocycles. The monoisotopic (exact) mass is 243 g/mol. The van der Waals surface area contributed by atoms with Crippen LogP contribution in [0.4, 0.5) is 0 Å². The minimum atomic E-state index is 0.317. The maximum Gasteiger partial charge on any atom is 0.197 e. The lowest BCUT2D eigenvalue weighted by Crippen LogP contribution is -2.22. The highest BCUT2D eigenvalue weighted by atomic mass is 35.5. The van der Waals surface area contributed by atoms with Gasteiger partial charge in [-0.3, -0.25) is 0 Å². The number of hydrogen-bond acceptors (Lipinski definition) is 2. The van der Waals surface area contributed by atoms with Gasteiger partial charge in [0.05, 0.1) is 6.26 Å². The van der Waals surface area contributed by atoms with Crippen LogP contribution >= 0.6 is 11.6 Å². The normalized spacial score (nSPS) is 15.0. The predicted molar refractivity (Wildman–Crippen MR) is 68.8 cm³/mol. The van der Waals surface area contributed by atoms with Crippen LogP contribution in [0.5, 0.6) is 0 Å². The van der Waals surface area contributed by atoms with Crippen molar-refractivity contribution in [1.82, 2.24) is 5.32 Å². The predicted octanol–water partition coefficient (Wildman–Crippen LogP) is 4.41. The average Bonchev–Trinajstić information content (AvgIpc) is 2.64. The number of hydrogen-bond donors (Lipinski definition) is 1. The average molecular weight is 244 g/mol. The van der Waals surface area contributed by atoms with Crippen molar-refractivity contribution in [3.8, 4) is 0 Å². The maximum atomic E-state index is 6.02. The fourth-order valence-electron chi connectivity index (χ4n) is 2.13. The van der Waals surface area contributed by atoms with E-state index in [0.717, 1.165) is 18.5 Å². The lowest BCUT2D eigenvalue weighted by Gasteiger charge is -2.20. The van der Waals surface area contributed by atoms with Crippen molar-refractivity contribution in [2.75, 3.05) is 6.54 Å². The first-order valence-corrected chi connectivity index (χ1v) is 6.53. The van der Waals surface area contributed by atoms with Gasteiger partial charge in [0.2, 0.25) is 0 Å². The molecule has 1 rings (SSSR count). The van der Waals surface area contributed by atoms with Crippen LogP contribution in [0.3, 0.4) is 0 Å². The van der Waals surface area contributed by atoms with Gasteiger partial charge in [0.1, 0.15) is 0 Å². The first-order valence-electron chi connectivity index (χ1n) is 6.15. The van der Waals surface area contributed by atoms with Gasteiger partial charge >= 0.3 is 0 Å². The zero-order valence-electron chi connectivity index (χ0n) is 10.4. The topological polar surface area (TPSA) is 25.2 Å². The van der Waals surface area contributed by atoms with E-state index in [4.69, 9.17) is 16.0 Å². The molecule has 0 aliphatic carbocycles. The Bertz CT molecular complexity index is 298. The summed E-state index contributed by atoms with van der Waals surface area (Å²) in [6.45, 7) is 7.59. The Morgan fingerprint density at radius 2 is 2.19 bits per heavy atom. The van der Waals surface area contributed by atoms with Crippen molar-refractivity contribution in [1.29, 1.82) is 0 Å². The highest BCUT2D eigenvalue weighted by Gasteiger charge is 2.18. The Morgan fingerprint density at radius 1 is 1.44 bits per heavy atom. The standard InChI is InChI=1S/C13H22ClNO/c1-4-6-10(3)9-12(15-5-2)11-7-8-16-13(11)14/h7-8,10,12,15H,4-6,9H2,1-3H3. The SMILES string of the molecule is CCCC(C)CC(NCC)c1ccoc1Cl. The molecule has 0 aliphatic rings. The number of furan rings is 1. The van der Waals surface area contributed by atoms with Crippen LogP contribution in [0, 0.1) is 5.92 Å². The second kappa shape index (κ2) is 6.97. The van der Waals surface area contributed by atoms with Gasteiger partial charge in [0.25, 0.3) is 0 Å². The van der Waals surface area contributed by atoms with Gasteiger partial charge in [-0.15, -0.1) is 0 Å². The molecule has 16 heavy (non-hydrogen) atoms. The smallest absolute Gasteiger partial charge is 0.197 e. The second-order valence-corrected chi connectivity index (χ2v) is 4.73. The minimum absolute atomic E-state index is 0.317. The van der Waals surface area contributed by atoms with E-state index in [1.54, 1.807) is 6.26 Å². The van der Waals surface area contributed by atoms with E-state index < -0.39 is 0 Å². The molecule has 0 saturated heterocycles. The minimum Gasteiger partial charge on any atom is -0.453 e. The van der Waals surface area contributed by atoms with Gasteiger partial charge in [-0.05, 0) is 36.6 Å². The molecule has 2 unspecified atom stereocenters. The fourth-order valence-corrected chi connectivity index (χ4v) is 2.38. The van der Waals surface area contributed by atoms with Crippen molar-refractivity contribution in [3.63, 3.8) is 0 Å². The van der Waals surface area contributed by atoms with Crippen LogP contribution in [0.15, 0.2) is 16.7 Å². The summed E-state index contributed by atoms with van der Waals surface area (Å²) in [6.07, 6.45) is 5.27. The van der Waals surface area contributed by atoms with Gasteiger partial charge in [-0.2, -0.15) is 0 Å². The molecule has 0 aromatic carbocycles. The molecule has 1 heterocycles. The summed E-state index contributed by atoms with van der Waals surface area (Å²) in [5.41, 5.74) is 1.09. The van der Waals surface area contributed by atoms with E-state index in [9.17, 15) is 0 Å². The summed E-state index contributed by atoms with van der Waals surface area (Å²) in [4.78, 5) is 0. The van der Waals surface area contributed by atoms with E-state index in [2.05, 4.69) is 26.1 Å². The molecule has 2 nitrogen and oxygen atoms in total. The van der Waals surface area contributed by atoms with E-state index in [0.29, 0.717) is 17.2 Å². The molecular weight excluding hydrogens is 222 g/mol. The Labute approximate surface area is 103 Å². The van der Waals surface area contributed by atoms with E-state index in [1.807, 2.05) is 6.07 Å². The number of rotatable bonds is 7. The van der Waals surface area contributed by atoms with Crippen molar-refractivity contribution in [3.05, 3.63) is 23.1 Å². The van der Waals surface area contributed by atoms with Crippen LogP contribution in [0.1, 0.15) is 51.6 Å². The summed E-state index contributed by atoms with van der Waals surface area (Å²) >= 11 is 6.02. The summed E-state index contributed by atoms with van der Waals surface area (Å²) < 4.78 is 5.16. The molecule has 0 radical (unpaired) electrons. The van der Waals surface area contributed by atoms with E-state index >= 15 is 0 Å². The molecule has 0 fully saturated rings. The molecule has 0 bridgehead atoms. The van der Waals surface area contributed by atoms with Crippen LogP contribution in [-0.2, 0) is 0 Å². The van der Waals surface area contributed by atoms with Crippen LogP contribution in [0.25, 0.3) is 0 Å². The van der Waals surface area contributed by atoms with Gasteiger partial charge in [0.15, 0.2) is 5.22 Å². The summed E-state index contributed by atoms with van der Waals surface area (Å²) in [5.74, 6) is 0.708. The molecule has 0 amide bonds. The molecule has 92 valence electrons. The largest absolute Gasteiger partial charge is 0.453 e. The summed E-state index contributed by atoms with van der Waals surface area (Å²) in [6, 6.07) is 2.28. The fraction of sp³-hybridized carbons (Fsp3) is 0.692. The highest BCUT2D eigenvalue weighted by Crippen LogP contribution is 2.29. The maximum absolute atomic E-state index is 6.02. The third-order valence-corrected chi connectivity index (χ3v) is 3.20.